The highest BCUT2D eigenvalue weighted by molar-refractivity contribution is 7.20. The first kappa shape index (κ1) is 34.1. The highest BCUT2D eigenvalue weighted by Gasteiger charge is 2.42. The van der Waals surface area contributed by atoms with E-state index in [0.29, 0.717) is 0 Å². The Labute approximate surface area is 339 Å². The first-order valence-electron chi connectivity index (χ1n) is 20.1. The van der Waals surface area contributed by atoms with E-state index in [4.69, 9.17) is 0 Å². The Morgan fingerprint density at radius 3 is 1.21 bits per heavy atom. The summed E-state index contributed by atoms with van der Waals surface area (Å²) in [4.78, 5) is 0. The fourth-order valence-electron chi connectivity index (χ4n) is 9.69. The van der Waals surface area contributed by atoms with Crippen LogP contribution in [0, 0.1) is 6.92 Å². The predicted octanol–water partition coefficient (Wildman–Crippen LogP) is 11.2. The zero-order chi connectivity index (χ0) is 38.6. The minimum atomic E-state index is -2.89. The van der Waals surface area contributed by atoms with Crippen LogP contribution in [0.1, 0.15) is 5.56 Å². The highest BCUT2D eigenvalue weighted by atomic mass is 28.3. The molecule has 274 valence electrons. The first-order valence-corrected chi connectivity index (χ1v) is 22.1. The van der Waals surface area contributed by atoms with Gasteiger partial charge in [-0.25, -0.2) is 0 Å². The summed E-state index contributed by atoms with van der Waals surface area (Å²) >= 11 is 0. The van der Waals surface area contributed by atoms with E-state index in [9.17, 15) is 0 Å². The SMILES string of the molecule is Cc1cccc([Si](c2ccccc2)(c2ccccc2)c2ccc(-c3ccccc3-n3c4ccccc4c4ccccc43)c(-n3c4ccccc4c4ccccc43)c2)c1. The lowest BCUT2D eigenvalue weighted by molar-refractivity contribution is 1.16. The van der Waals surface area contributed by atoms with Crippen molar-refractivity contribution in [2.75, 3.05) is 0 Å². The number of rotatable bonds is 7. The normalized spacial score (nSPS) is 11.9. The minimum absolute atomic E-state index is 1.16. The van der Waals surface area contributed by atoms with Crippen LogP contribution in [-0.2, 0) is 0 Å². The zero-order valence-corrected chi connectivity index (χ0v) is 33.3. The van der Waals surface area contributed by atoms with Crippen LogP contribution in [0.15, 0.2) is 224 Å². The molecule has 58 heavy (non-hydrogen) atoms. The molecular formula is C55H40N2Si. The van der Waals surface area contributed by atoms with Gasteiger partial charge in [-0.2, -0.15) is 0 Å². The van der Waals surface area contributed by atoms with Crippen LogP contribution in [0.4, 0.5) is 0 Å². The summed E-state index contributed by atoms with van der Waals surface area (Å²) in [5.74, 6) is 0. The number of fused-ring (bicyclic) bond motifs is 6. The Bertz CT molecular complexity index is 3150. The van der Waals surface area contributed by atoms with Crippen LogP contribution < -0.4 is 20.7 Å². The molecule has 0 aliphatic rings. The molecule has 11 aromatic rings. The second-order valence-corrected chi connectivity index (χ2v) is 19.1. The summed E-state index contributed by atoms with van der Waals surface area (Å²) in [6.45, 7) is 2.22. The second kappa shape index (κ2) is 13.8. The Kier molecular flexibility index (Phi) is 8.09. The monoisotopic (exact) mass is 756 g/mol. The van der Waals surface area contributed by atoms with Crippen LogP contribution in [-0.4, -0.2) is 17.2 Å². The van der Waals surface area contributed by atoms with Gasteiger partial charge < -0.3 is 9.13 Å². The lowest BCUT2D eigenvalue weighted by atomic mass is 10.0. The van der Waals surface area contributed by atoms with Gasteiger partial charge in [-0.15, -0.1) is 0 Å². The molecule has 0 N–H and O–H groups in total. The molecule has 11 rings (SSSR count). The molecule has 0 bridgehead atoms. The topological polar surface area (TPSA) is 9.86 Å². The van der Waals surface area contributed by atoms with Gasteiger partial charge in [-0.1, -0.05) is 194 Å². The standard InChI is InChI=1S/C55H40N2Si/c1-39-19-18-24-42(37-39)58(40-20-4-2-5-21-40,41-22-6-3-7-23-41)43-35-36-49(55(38-43)57-53-33-16-10-27-46(53)47-28-11-17-34-54(47)57)48-29-12-15-32-52(48)56-50-30-13-8-25-44(50)45-26-9-14-31-51(45)56/h2-38H,1H3. The first-order chi connectivity index (χ1) is 28.7. The lowest BCUT2D eigenvalue weighted by Gasteiger charge is -2.35. The van der Waals surface area contributed by atoms with Crippen LogP contribution in [0.5, 0.6) is 0 Å². The Balaban J connectivity index is 1.29. The zero-order valence-electron chi connectivity index (χ0n) is 32.3. The van der Waals surface area contributed by atoms with E-state index in [2.05, 4.69) is 241 Å². The molecule has 0 saturated heterocycles. The Morgan fingerprint density at radius 2 is 0.690 bits per heavy atom. The Morgan fingerprint density at radius 1 is 0.293 bits per heavy atom. The molecule has 2 aromatic heterocycles. The number of nitrogens with zero attached hydrogens (tertiary/aromatic N) is 2. The van der Waals surface area contributed by atoms with Crippen LogP contribution in [0.2, 0.25) is 0 Å². The summed E-state index contributed by atoms with van der Waals surface area (Å²) in [5.41, 5.74) is 10.7. The molecule has 0 amide bonds. The number of benzene rings is 9. The van der Waals surface area contributed by atoms with Gasteiger partial charge >= 0.3 is 0 Å². The van der Waals surface area contributed by atoms with E-state index < -0.39 is 8.07 Å². The number of aryl methyl sites for hydroxylation is 1. The van der Waals surface area contributed by atoms with Gasteiger partial charge in [-0.3, -0.25) is 0 Å². The maximum absolute atomic E-state index is 2.89. The van der Waals surface area contributed by atoms with Gasteiger partial charge in [0, 0.05) is 32.7 Å². The fourth-order valence-corrected chi connectivity index (χ4v) is 14.6. The number of hydrogen-bond acceptors (Lipinski definition) is 0. The van der Waals surface area contributed by atoms with Gasteiger partial charge in [-0.05, 0) is 64.1 Å². The predicted molar refractivity (Wildman–Crippen MR) is 249 cm³/mol. The van der Waals surface area contributed by atoms with Crippen molar-refractivity contribution in [3.8, 4) is 22.5 Å². The van der Waals surface area contributed by atoms with Crippen molar-refractivity contribution in [2.45, 2.75) is 6.92 Å². The summed E-state index contributed by atoms with van der Waals surface area (Å²) in [5, 5.41) is 10.4. The average Bonchev–Trinajstić information content (AvgIpc) is 3.80. The molecule has 2 heterocycles. The molecule has 0 aliphatic carbocycles. The lowest BCUT2D eigenvalue weighted by Crippen LogP contribution is -2.74. The number of para-hydroxylation sites is 5. The van der Waals surface area contributed by atoms with Gasteiger partial charge in [0.1, 0.15) is 0 Å². The van der Waals surface area contributed by atoms with E-state index in [-0.39, 0.29) is 0 Å². The summed E-state index contributed by atoms with van der Waals surface area (Å²) in [7, 11) is -2.89. The molecular weight excluding hydrogens is 717 g/mol. The van der Waals surface area contributed by atoms with Gasteiger partial charge in [0.25, 0.3) is 0 Å². The van der Waals surface area contributed by atoms with Crippen molar-refractivity contribution in [1.29, 1.82) is 0 Å². The van der Waals surface area contributed by atoms with Crippen molar-refractivity contribution in [3.05, 3.63) is 230 Å². The van der Waals surface area contributed by atoms with Gasteiger partial charge in [0.2, 0.25) is 0 Å². The number of hydrogen-bond donors (Lipinski definition) is 0. The second-order valence-electron chi connectivity index (χ2n) is 15.3. The van der Waals surface area contributed by atoms with E-state index in [1.165, 1.54) is 86.7 Å². The van der Waals surface area contributed by atoms with Crippen LogP contribution in [0.25, 0.3) is 66.1 Å². The van der Waals surface area contributed by atoms with E-state index >= 15 is 0 Å². The largest absolute Gasteiger partial charge is 0.309 e. The fraction of sp³-hybridized carbons (Fsp3) is 0.0182. The molecule has 0 radical (unpaired) electrons. The van der Waals surface area contributed by atoms with E-state index in [1.807, 2.05) is 0 Å². The molecule has 3 heteroatoms. The maximum atomic E-state index is 2.55. The van der Waals surface area contributed by atoms with Crippen LogP contribution >= 0.6 is 0 Å². The summed E-state index contributed by atoms with van der Waals surface area (Å²) < 4.78 is 4.99. The van der Waals surface area contributed by atoms with Crippen LogP contribution in [0.3, 0.4) is 0 Å². The third-order valence-corrected chi connectivity index (χ3v) is 16.9. The summed E-state index contributed by atoms with van der Waals surface area (Å²) in [6, 6.07) is 83.5. The quantitative estimate of drug-likeness (QED) is 0.113. The van der Waals surface area contributed by atoms with E-state index in [1.54, 1.807) is 0 Å². The van der Waals surface area contributed by atoms with Gasteiger partial charge in [0.05, 0.1) is 33.4 Å². The third kappa shape index (κ3) is 5.17. The third-order valence-electron chi connectivity index (χ3n) is 12.1. The maximum Gasteiger partial charge on any atom is 0.179 e. The molecule has 0 unspecified atom stereocenters. The highest BCUT2D eigenvalue weighted by Crippen LogP contribution is 2.40. The van der Waals surface area contributed by atoms with Crippen molar-refractivity contribution in [2.24, 2.45) is 0 Å². The summed E-state index contributed by atoms with van der Waals surface area (Å²) in [6.07, 6.45) is 0. The molecule has 0 saturated carbocycles. The smallest absolute Gasteiger partial charge is 0.179 e. The van der Waals surface area contributed by atoms with Crippen molar-refractivity contribution in [3.63, 3.8) is 0 Å². The van der Waals surface area contributed by atoms with Crippen molar-refractivity contribution < 1.29 is 0 Å². The molecule has 0 aliphatic heterocycles. The molecule has 0 spiro atoms. The Hall–Kier alpha value is -7.20. The molecule has 2 nitrogen and oxygen atoms in total. The van der Waals surface area contributed by atoms with E-state index in [0.717, 1.165) is 5.69 Å². The van der Waals surface area contributed by atoms with Gasteiger partial charge in [0.15, 0.2) is 8.07 Å². The molecule has 0 atom stereocenters. The average molecular weight is 757 g/mol. The minimum Gasteiger partial charge on any atom is -0.309 e. The molecule has 9 aromatic carbocycles. The number of aromatic nitrogens is 2. The van der Waals surface area contributed by atoms with Crippen molar-refractivity contribution in [1.82, 2.24) is 9.13 Å². The molecule has 0 fully saturated rings. The van der Waals surface area contributed by atoms with Crippen molar-refractivity contribution >= 4 is 72.4 Å².